The van der Waals surface area contributed by atoms with Gasteiger partial charge in [-0.25, -0.2) is 0 Å². The van der Waals surface area contributed by atoms with Crippen molar-refractivity contribution in [3.63, 3.8) is 0 Å². The van der Waals surface area contributed by atoms with Crippen molar-refractivity contribution in [1.29, 1.82) is 0 Å². The minimum Gasteiger partial charge on any atom is -0.325 e. The first-order valence-electron chi connectivity index (χ1n) is 8.21. The fourth-order valence-electron chi connectivity index (χ4n) is 3.67. The van der Waals surface area contributed by atoms with Gasteiger partial charge in [0.25, 0.3) is 0 Å². The molecule has 3 heteroatoms. The summed E-state index contributed by atoms with van der Waals surface area (Å²) in [6.07, 6.45) is 9.28. The number of hydrogen-bond donors (Lipinski definition) is 1. The normalized spacial score (nSPS) is 27.4. The highest BCUT2D eigenvalue weighted by Gasteiger charge is 2.33. The molecule has 0 aromatic carbocycles. The second-order valence-corrected chi connectivity index (χ2v) is 7.51. The van der Waals surface area contributed by atoms with Gasteiger partial charge in [-0.1, -0.05) is 26.7 Å². The monoisotopic (exact) mass is 277 g/mol. The van der Waals surface area contributed by atoms with Gasteiger partial charge in [0.05, 0.1) is 5.69 Å². The van der Waals surface area contributed by atoms with Crippen LogP contribution in [0.5, 0.6) is 0 Å². The van der Waals surface area contributed by atoms with Crippen LogP contribution in [0.4, 0.5) is 0 Å². The average molecular weight is 277 g/mol. The Kier molecular flexibility index (Phi) is 4.90. The Balaban J connectivity index is 1.98. The number of aromatic nitrogens is 2. The number of nitrogens with zero attached hydrogens (tertiary/aromatic N) is 2. The molecule has 1 heterocycles. The van der Waals surface area contributed by atoms with E-state index in [-0.39, 0.29) is 5.54 Å². The lowest BCUT2D eigenvalue weighted by molar-refractivity contribution is 0.199. The maximum absolute atomic E-state index is 6.69. The van der Waals surface area contributed by atoms with E-state index >= 15 is 0 Å². The molecule has 2 atom stereocenters. The van der Waals surface area contributed by atoms with E-state index in [1.807, 2.05) is 4.68 Å². The summed E-state index contributed by atoms with van der Waals surface area (Å²) in [5.41, 5.74) is 7.82. The Morgan fingerprint density at radius 1 is 1.40 bits per heavy atom. The van der Waals surface area contributed by atoms with Gasteiger partial charge in [-0.3, -0.25) is 4.68 Å². The maximum Gasteiger partial charge on any atom is 0.0643 e. The van der Waals surface area contributed by atoms with Crippen molar-refractivity contribution in [2.45, 2.75) is 77.8 Å². The topological polar surface area (TPSA) is 43.8 Å². The molecular formula is C17H31N3. The van der Waals surface area contributed by atoms with Crippen molar-refractivity contribution < 1.29 is 0 Å². The van der Waals surface area contributed by atoms with E-state index in [2.05, 4.69) is 45.1 Å². The highest BCUT2D eigenvalue weighted by atomic mass is 15.3. The summed E-state index contributed by atoms with van der Waals surface area (Å²) >= 11 is 0. The predicted molar refractivity (Wildman–Crippen MR) is 84.6 cm³/mol. The third-order valence-corrected chi connectivity index (χ3v) is 4.51. The van der Waals surface area contributed by atoms with Crippen LogP contribution in [0.2, 0.25) is 0 Å². The molecule has 0 saturated heterocycles. The summed E-state index contributed by atoms with van der Waals surface area (Å²) in [6, 6.07) is 2.57. The Labute approximate surface area is 123 Å². The molecule has 0 aliphatic heterocycles. The van der Waals surface area contributed by atoms with Gasteiger partial charge in [-0.05, 0) is 51.0 Å². The van der Waals surface area contributed by atoms with Crippen LogP contribution in [0.3, 0.4) is 0 Å². The van der Waals surface area contributed by atoms with E-state index < -0.39 is 0 Å². The standard InChI is InChI=1S/C17H31N3/c1-13(2)10-15-6-5-8-17(18,11-15)12-16-7-9-20(19-16)14(3)4/h7,9,13-15H,5-6,8,10-12,18H2,1-4H3. The third kappa shape index (κ3) is 4.08. The van der Waals surface area contributed by atoms with Crippen molar-refractivity contribution in [2.75, 3.05) is 0 Å². The highest BCUT2D eigenvalue weighted by molar-refractivity contribution is 5.07. The molecule has 3 nitrogen and oxygen atoms in total. The minimum absolute atomic E-state index is 0.0338. The van der Waals surface area contributed by atoms with Crippen LogP contribution in [0.25, 0.3) is 0 Å². The van der Waals surface area contributed by atoms with Crippen LogP contribution >= 0.6 is 0 Å². The Morgan fingerprint density at radius 3 is 2.75 bits per heavy atom. The fraction of sp³-hybridized carbons (Fsp3) is 0.824. The molecule has 0 radical (unpaired) electrons. The van der Waals surface area contributed by atoms with Crippen molar-refractivity contribution in [1.82, 2.24) is 9.78 Å². The molecule has 0 spiro atoms. The minimum atomic E-state index is -0.0338. The summed E-state index contributed by atoms with van der Waals surface area (Å²) in [5.74, 6) is 1.59. The summed E-state index contributed by atoms with van der Waals surface area (Å²) in [6.45, 7) is 8.96. The molecule has 2 N–H and O–H groups in total. The average Bonchev–Trinajstić information content (AvgIpc) is 2.75. The van der Waals surface area contributed by atoms with E-state index in [1.54, 1.807) is 0 Å². The zero-order valence-corrected chi connectivity index (χ0v) is 13.6. The van der Waals surface area contributed by atoms with Gasteiger partial charge in [0, 0.05) is 24.2 Å². The van der Waals surface area contributed by atoms with Crippen molar-refractivity contribution in [3.8, 4) is 0 Å². The first-order valence-corrected chi connectivity index (χ1v) is 8.21. The van der Waals surface area contributed by atoms with E-state index in [0.717, 1.165) is 30.4 Å². The van der Waals surface area contributed by atoms with Gasteiger partial charge in [0.15, 0.2) is 0 Å². The molecule has 1 aliphatic rings. The Bertz CT molecular complexity index is 422. The SMILES string of the molecule is CC(C)CC1CCCC(N)(Cc2ccn(C(C)C)n2)C1. The number of nitrogens with two attached hydrogens (primary N) is 1. The van der Waals surface area contributed by atoms with Crippen LogP contribution in [0.15, 0.2) is 12.3 Å². The number of hydrogen-bond acceptors (Lipinski definition) is 2. The first kappa shape index (κ1) is 15.6. The zero-order chi connectivity index (χ0) is 14.8. The van der Waals surface area contributed by atoms with E-state index in [0.29, 0.717) is 6.04 Å². The summed E-state index contributed by atoms with van der Waals surface area (Å²) in [4.78, 5) is 0. The van der Waals surface area contributed by atoms with Gasteiger partial charge in [-0.2, -0.15) is 5.10 Å². The molecule has 1 aliphatic carbocycles. The molecule has 1 aromatic rings. The van der Waals surface area contributed by atoms with Crippen LogP contribution < -0.4 is 5.73 Å². The zero-order valence-electron chi connectivity index (χ0n) is 13.6. The lowest BCUT2D eigenvalue weighted by Crippen LogP contribution is -2.46. The van der Waals surface area contributed by atoms with Crippen molar-refractivity contribution in [3.05, 3.63) is 18.0 Å². The van der Waals surface area contributed by atoms with Crippen LogP contribution in [-0.2, 0) is 6.42 Å². The van der Waals surface area contributed by atoms with Crippen molar-refractivity contribution >= 4 is 0 Å². The lowest BCUT2D eigenvalue weighted by atomic mass is 9.72. The van der Waals surface area contributed by atoms with Crippen LogP contribution in [-0.4, -0.2) is 15.3 Å². The van der Waals surface area contributed by atoms with Crippen LogP contribution in [0.1, 0.15) is 71.5 Å². The molecule has 1 saturated carbocycles. The molecule has 2 unspecified atom stereocenters. The molecule has 114 valence electrons. The Hall–Kier alpha value is -0.830. The molecule has 1 aromatic heterocycles. The molecular weight excluding hydrogens is 246 g/mol. The smallest absolute Gasteiger partial charge is 0.0643 e. The largest absolute Gasteiger partial charge is 0.325 e. The van der Waals surface area contributed by atoms with Gasteiger partial charge >= 0.3 is 0 Å². The molecule has 20 heavy (non-hydrogen) atoms. The third-order valence-electron chi connectivity index (χ3n) is 4.51. The van der Waals surface area contributed by atoms with Gasteiger partial charge in [0.1, 0.15) is 0 Å². The molecule has 0 bridgehead atoms. The van der Waals surface area contributed by atoms with Crippen LogP contribution in [0, 0.1) is 11.8 Å². The molecule has 2 rings (SSSR count). The lowest BCUT2D eigenvalue weighted by Gasteiger charge is -2.38. The van der Waals surface area contributed by atoms with E-state index in [1.165, 1.54) is 25.7 Å². The van der Waals surface area contributed by atoms with Gasteiger partial charge < -0.3 is 5.73 Å². The van der Waals surface area contributed by atoms with E-state index in [9.17, 15) is 0 Å². The van der Waals surface area contributed by atoms with Crippen molar-refractivity contribution in [2.24, 2.45) is 17.6 Å². The van der Waals surface area contributed by atoms with E-state index in [4.69, 9.17) is 5.73 Å². The Morgan fingerprint density at radius 2 is 2.15 bits per heavy atom. The quantitative estimate of drug-likeness (QED) is 0.886. The number of rotatable bonds is 5. The van der Waals surface area contributed by atoms with Gasteiger partial charge in [-0.15, -0.1) is 0 Å². The first-order chi connectivity index (χ1) is 9.38. The summed E-state index contributed by atoms with van der Waals surface area (Å²) < 4.78 is 2.03. The van der Waals surface area contributed by atoms with Gasteiger partial charge in [0.2, 0.25) is 0 Å². The summed E-state index contributed by atoms with van der Waals surface area (Å²) in [7, 11) is 0. The maximum atomic E-state index is 6.69. The highest BCUT2D eigenvalue weighted by Crippen LogP contribution is 2.36. The fourth-order valence-corrected chi connectivity index (χ4v) is 3.67. The molecule has 0 amide bonds. The predicted octanol–water partition coefficient (Wildman–Crippen LogP) is 3.94. The summed E-state index contributed by atoms with van der Waals surface area (Å²) in [5, 5.41) is 4.67. The molecule has 1 fully saturated rings. The second-order valence-electron chi connectivity index (χ2n) is 7.51. The second kappa shape index (κ2) is 6.30.